The molecule has 12 heteroatoms. The van der Waals surface area contributed by atoms with Crippen LogP contribution in [-0.4, -0.2) is 84.8 Å². The monoisotopic (exact) mass is 554 g/mol. The summed E-state index contributed by atoms with van der Waals surface area (Å²) in [7, 11) is 0. The third kappa shape index (κ3) is 7.23. The van der Waals surface area contributed by atoms with Crippen molar-refractivity contribution >= 4 is 29.7 Å². The summed E-state index contributed by atoms with van der Waals surface area (Å²) in [5, 5.41) is 0. The molecule has 12 nitrogen and oxygen atoms in total. The molecule has 0 aromatic carbocycles. The molecule has 1 saturated heterocycles. The second kappa shape index (κ2) is 11.7. The van der Waals surface area contributed by atoms with E-state index in [0.29, 0.717) is 6.42 Å². The molecular weight excluding hydrogens is 516 g/mol. The molecule has 1 aliphatic carbocycles. The Bertz CT molecular complexity index is 1030. The number of carbonyl (C=O) groups excluding carboxylic acids is 5. The van der Waals surface area contributed by atoms with Gasteiger partial charge in [0.05, 0.1) is 11.7 Å². The fourth-order valence-electron chi connectivity index (χ4n) is 5.66. The Labute approximate surface area is 227 Å². The molecule has 0 bridgehead atoms. The third-order valence-electron chi connectivity index (χ3n) is 6.96. The van der Waals surface area contributed by atoms with E-state index in [9.17, 15) is 24.0 Å². The first-order valence-electron chi connectivity index (χ1n) is 12.9. The quantitative estimate of drug-likeness (QED) is 0.245. The van der Waals surface area contributed by atoms with Gasteiger partial charge < -0.3 is 33.2 Å². The summed E-state index contributed by atoms with van der Waals surface area (Å²) in [5.74, 6) is -2.69. The van der Waals surface area contributed by atoms with Crippen LogP contribution in [0.15, 0.2) is 11.6 Å². The van der Waals surface area contributed by atoms with Crippen LogP contribution in [0.5, 0.6) is 0 Å². The Morgan fingerprint density at radius 2 is 1.46 bits per heavy atom. The number of carbonyl (C=O) groups is 5. The van der Waals surface area contributed by atoms with Crippen LogP contribution < -0.4 is 0 Å². The van der Waals surface area contributed by atoms with Crippen molar-refractivity contribution in [1.82, 2.24) is 0 Å². The standard InChI is InChI=1S/C27H38O12/c1-13(19-9-21-26(6,7)10-18(32)11-27(21,8)39-19)34-25-24(37-17(5)31)23(36-16(4)30)22(35-15(3)29)20(38-25)12-33-14(2)28/h9,13,19-20,22-25H,10-12H2,1-8H3/t13-,19+,20+,22+,23-,24+,25+,27-/m0/s1. The minimum Gasteiger partial charge on any atom is -0.463 e. The van der Waals surface area contributed by atoms with E-state index in [1.165, 1.54) is 6.92 Å². The summed E-state index contributed by atoms with van der Waals surface area (Å²) in [6.45, 7) is 11.9. The lowest BCUT2D eigenvalue weighted by molar-refractivity contribution is -0.320. The van der Waals surface area contributed by atoms with Crippen LogP contribution >= 0.6 is 0 Å². The third-order valence-corrected chi connectivity index (χ3v) is 6.96. The average molecular weight is 555 g/mol. The van der Waals surface area contributed by atoms with E-state index < -0.39 is 77.8 Å². The van der Waals surface area contributed by atoms with Crippen LogP contribution in [0.25, 0.3) is 0 Å². The summed E-state index contributed by atoms with van der Waals surface area (Å²) in [6, 6.07) is 0. The molecule has 0 spiro atoms. The van der Waals surface area contributed by atoms with Gasteiger partial charge in [-0.05, 0) is 24.8 Å². The lowest BCUT2D eigenvalue weighted by Gasteiger charge is -2.45. The summed E-state index contributed by atoms with van der Waals surface area (Å²) in [6.07, 6.45) is -5.07. The lowest BCUT2D eigenvalue weighted by atomic mass is 9.66. The molecule has 0 unspecified atom stereocenters. The summed E-state index contributed by atoms with van der Waals surface area (Å²) >= 11 is 0. The Morgan fingerprint density at radius 1 is 0.897 bits per heavy atom. The molecule has 3 aliphatic rings. The highest BCUT2D eigenvalue weighted by Gasteiger charge is 2.55. The predicted octanol–water partition coefficient (Wildman–Crippen LogP) is 1.95. The Balaban J connectivity index is 1.92. The van der Waals surface area contributed by atoms with E-state index in [0.717, 1.165) is 26.3 Å². The molecule has 2 aliphatic heterocycles. The normalized spacial score (nSPS) is 34.3. The molecular formula is C27H38O12. The van der Waals surface area contributed by atoms with Crippen LogP contribution in [0, 0.1) is 5.41 Å². The smallest absolute Gasteiger partial charge is 0.303 e. The van der Waals surface area contributed by atoms with Crippen LogP contribution in [-0.2, 0) is 57.1 Å². The van der Waals surface area contributed by atoms with E-state index in [2.05, 4.69) is 0 Å². The Kier molecular flexibility index (Phi) is 9.24. The van der Waals surface area contributed by atoms with E-state index in [-0.39, 0.29) is 18.8 Å². The molecule has 3 rings (SSSR count). The molecule has 0 amide bonds. The molecule has 2 fully saturated rings. The van der Waals surface area contributed by atoms with Crippen LogP contribution in [0.2, 0.25) is 0 Å². The van der Waals surface area contributed by atoms with Crippen LogP contribution in [0.1, 0.15) is 68.2 Å². The number of esters is 4. The maximum absolute atomic E-state index is 12.4. The first-order valence-corrected chi connectivity index (χ1v) is 12.9. The number of ether oxygens (including phenoxy) is 7. The molecule has 2 heterocycles. The topological polar surface area (TPSA) is 150 Å². The first-order chi connectivity index (χ1) is 18.0. The molecule has 8 atom stereocenters. The van der Waals surface area contributed by atoms with Crippen molar-refractivity contribution < 1.29 is 57.1 Å². The number of rotatable bonds is 8. The number of hydrogen-bond donors (Lipinski definition) is 0. The van der Waals surface area contributed by atoms with Gasteiger partial charge in [-0.2, -0.15) is 0 Å². The largest absolute Gasteiger partial charge is 0.463 e. The van der Waals surface area contributed by atoms with Gasteiger partial charge in [-0.3, -0.25) is 24.0 Å². The SMILES string of the molecule is CC(=O)OC[C@H]1O[C@@H](O[C@@H](C)[C@H]2C=C3C(C)(C)CC(=O)C[C@]3(C)O2)[C@H](OC(C)=O)[C@@H](OC(C)=O)[C@@H]1OC(C)=O. The summed E-state index contributed by atoms with van der Waals surface area (Å²) in [4.78, 5) is 59.9. The van der Waals surface area contributed by atoms with Gasteiger partial charge in [0, 0.05) is 40.5 Å². The highest BCUT2D eigenvalue weighted by atomic mass is 16.7. The maximum Gasteiger partial charge on any atom is 0.303 e. The second-order valence-electron chi connectivity index (χ2n) is 11.1. The first kappa shape index (κ1) is 30.7. The van der Waals surface area contributed by atoms with Gasteiger partial charge in [-0.25, -0.2) is 0 Å². The Hall–Kier alpha value is -2.83. The molecule has 218 valence electrons. The van der Waals surface area contributed by atoms with E-state index in [1.807, 2.05) is 26.8 Å². The molecule has 39 heavy (non-hydrogen) atoms. The van der Waals surface area contributed by atoms with Gasteiger partial charge in [0.25, 0.3) is 0 Å². The summed E-state index contributed by atoms with van der Waals surface area (Å²) < 4.78 is 40.0. The van der Waals surface area contributed by atoms with E-state index in [4.69, 9.17) is 33.2 Å². The van der Waals surface area contributed by atoms with Crippen LogP contribution in [0.4, 0.5) is 0 Å². The van der Waals surface area contributed by atoms with Gasteiger partial charge in [0.15, 0.2) is 24.6 Å². The Morgan fingerprint density at radius 3 is 2.03 bits per heavy atom. The van der Waals surface area contributed by atoms with Crippen molar-refractivity contribution in [2.75, 3.05) is 6.61 Å². The lowest BCUT2D eigenvalue weighted by Crippen LogP contribution is -2.63. The minimum absolute atomic E-state index is 0.105. The fourth-order valence-corrected chi connectivity index (χ4v) is 5.66. The van der Waals surface area contributed by atoms with Gasteiger partial charge in [0.1, 0.15) is 24.6 Å². The van der Waals surface area contributed by atoms with Crippen molar-refractivity contribution in [3.05, 3.63) is 11.6 Å². The fraction of sp³-hybridized carbons (Fsp3) is 0.741. The zero-order valence-electron chi connectivity index (χ0n) is 23.6. The second-order valence-corrected chi connectivity index (χ2v) is 11.1. The highest BCUT2D eigenvalue weighted by molar-refractivity contribution is 5.83. The predicted molar refractivity (Wildman–Crippen MR) is 132 cm³/mol. The van der Waals surface area contributed by atoms with E-state index in [1.54, 1.807) is 6.92 Å². The van der Waals surface area contributed by atoms with Crippen molar-refractivity contribution in [2.24, 2.45) is 5.41 Å². The average Bonchev–Trinajstić information content (AvgIpc) is 3.13. The van der Waals surface area contributed by atoms with Gasteiger partial charge in [-0.15, -0.1) is 0 Å². The molecule has 0 aromatic heterocycles. The van der Waals surface area contributed by atoms with Crippen molar-refractivity contribution in [3.8, 4) is 0 Å². The van der Waals surface area contributed by atoms with Gasteiger partial charge in [0.2, 0.25) is 0 Å². The number of ketones is 1. The van der Waals surface area contributed by atoms with Crippen molar-refractivity contribution in [3.63, 3.8) is 0 Å². The summed E-state index contributed by atoms with van der Waals surface area (Å²) in [5.41, 5.74) is -0.188. The van der Waals surface area contributed by atoms with Gasteiger partial charge >= 0.3 is 23.9 Å². The van der Waals surface area contributed by atoms with Crippen molar-refractivity contribution in [1.29, 1.82) is 0 Å². The maximum atomic E-state index is 12.4. The van der Waals surface area contributed by atoms with Crippen molar-refractivity contribution in [2.45, 2.75) is 117 Å². The minimum atomic E-state index is -1.34. The number of fused-ring (bicyclic) bond motifs is 1. The van der Waals surface area contributed by atoms with E-state index >= 15 is 0 Å². The molecule has 0 radical (unpaired) electrons. The molecule has 0 aromatic rings. The molecule has 1 saturated carbocycles. The number of hydrogen-bond acceptors (Lipinski definition) is 12. The van der Waals surface area contributed by atoms with Gasteiger partial charge in [-0.1, -0.05) is 19.9 Å². The number of Topliss-reactive ketones (excluding diaryl/α,β-unsaturated/α-hetero) is 1. The zero-order chi connectivity index (χ0) is 29.3. The zero-order valence-corrected chi connectivity index (χ0v) is 23.6. The molecule has 0 N–H and O–H groups in total. The van der Waals surface area contributed by atoms with Crippen LogP contribution in [0.3, 0.4) is 0 Å². The highest BCUT2D eigenvalue weighted by Crippen LogP contribution is 2.50.